The van der Waals surface area contributed by atoms with E-state index in [1.165, 1.54) is 24.8 Å². The number of benzene rings is 1. The molecule has 0 spiro atoms. The smallest absolute Gasteiger partial charge is 0.276 e. The number of nitrogens with zero attached hydrogens (tertiary/aromatic N) is 2. The van der Waals surface area contributed by atoms with Crippen molar-refractivity contribution in [3.8, 4) is 5.69 Å². The molecule has 1 saturated carbocycles. The zero-order valence-electron chi connectivity index (χ0n) is 16.8. The standard InChI is InChI=1S/C23H27N3OS/c1-15-9-11-20(12-10-15)25-16(2)13-18(17(25)3)14-21-22(27)26(23(28)24-21)19-7-5-4-6-8-19/h9-14,19H,4-8H2,1-3H3,(H,24,28)/b21-14-. The van der Waals surface area contributed by atoms with E-state index in [-0.39, 0.29) is 11.9 Å². The summed E-state index contributed by atoms with van der Waals surface area (Å²) in [6.07, 6.45) is 7.64. The third-order valence-electron chi connectivity index (χ3n) is 5.91. The van der Waals surface area contributed by atoms with Crippen LogP contribution in [0.15, 0.2) is 36.0 Å². The average molecular weight is 394 g/mol. The molecule has 0 bridgehead atoms. The first-order valence-corrected chi connectivity index (χ1v) is 10.5. The lowest BCUT2D eigenvalue weighted by Crippen LogP contribution is -2.41. The first-order valence-electron chi connectivity index (χ1n) is 10.1. The van der Waals surface area contributed by atoms with Crippen molar-refractivity contribution in [3.63, 3.8) is 0 Å². The molecule has 1 N–H and O–H groups in total. The van der Waals surface area contributed by atoms with Crippen molar-refractivity contribution in [1.29, 1.82) is 0 Å². The lowest BCUT2D eigenvalue weighted by Gasteiger charge is -2.29. The lowest BCUT2D eigenvalue weighted by molar-refractivity contribution is -0.124. The van der Waals surface area contributed by atoms with Crippen molar-refractivity contribution < 1.29 is 4.79 Å². The van der Waals surface area contributed by atoms with Crippen LogP contribution in [0.3, 0.4) is 0 Å². The first-order chi connectivity index (χ1) is 13.5. The molecule has 0 unspecified atom stereocenters. The summed E-state index contributed by atoms with van der Waals surface area (Å²) < 4.78 is 2.22. The van der Waals surface area contributed by atoms with Gasteiger partial charge in [0.25, 0.3) is 5.91 Å². The Balaban J connectivity index is 1.64. The Kier molecular flexibility index (Phi) is 5.11. The summed E-state index contributed by atoms with van der Waals surface area (Å²) in [4.78, 5) is 14.8. The number of amides is 1. The normalized spacial score (nSPS) is 19.5. The van der Waals surface area contributed by atoms with Crippen LogP contribution in [-0.4, -0.2) is 26.5 Å². The Bertz CT molecular complexity index is 949. The molecule has 0 atom stereocenters. The van der Waals surface area contributed by atoms with Gasteiger partial charge < -0.3 is 9.88 Å². The maximum Gasteiger partial charge on any atom is 0.276 e. The Morgan fingerprint density at radius 1 is 1.07 bits per heavy atom. The van der Waals surface area contributed by atoms with Gasteiger partial charge in [-0.15, -0.1) is 0 Å². The van der Waals surface area contributed by atoms with Gasteiger partial charge in [-0.3, -0.25) is 9.69 Å². The van der Waals surface area contributed by atoms with Crippen molar-refractivity contribution in [2.45, 2.75) is 58.9 Å². The van der Waals surface area contributed by atoms with E-state index in [4.69, 9.17) is 12.2 Å². The van der Waals surface area contributed by atoms with E-state index in [1.807, 2.05) is 6.08 Å². The molecule has 1 amide bonds. The van der Waals surface area contributed by atoms with Gasteiger partial charge in [0.2, 0.25) is 0 Å². The van der Waals surface area contributed by atoms with Gasteiger partial charge in [-0.1, -0.05) is 37.0 Å². The van der Waals surface area contributed by atoms with Crippen LogP contribution >= 0.6 is 12.2 Å². The van der Waals surface area contributed by atoms with Gasteiger partial charge in [-0.05, 0) is 75.7 Å². The van der Waals surface area contributed by atoms with Crippen molar-refractivity contribution in [1.82, 2.24) is 14.8 Å². The van der Waals surface area contributed by atoms with Crippen LogP contribution < -0.4 is 5.32 Å². The largest absolute Gasteiger partial charge is 0.328 e. The number of carbonyl (C=O) groups is 1. The fraction of sp³-hybridized carbons (Fsp3) is 0.391. The summed E-state index contributed by atoms with van der Waals surface area (Å²) in [7, 11) is 0. The fourth-order valence-corrected chi connectivity index (χ4v) is 4.74. The monoisotopic (exact) mass is 393 g/mol. The number of hydrogen-bond acceptors (Lipinski definition) is 2. The van der Waals surface area contributed by atoms with Gasteiger partial charge in [0, 0.05) is 23.1 Å². The Hall–Kier alpha value is -2.40. The highest BCUT2D eigenvalue weighted by molar-refractivity contribution is 7.80. The van der Waals surface area contributed by atoms with E-state index in [0.717, 1.165) is 35.5 Å². The molecular weight excluding hydrogens is 366 g/mol. The van der Waals surface area contributed by atoms with Crippen LogP contribution in [-0.2, 0) is 4.79 Å². The third kappa shape index (κ3) is 3.39. The molecule has 2 aromatic rings. The molecule has 2 aliphatic rings. The van der Waals surface area contributed by atoms with E-state index < -0.39 is 0 Å². The highest BCUT2D eigenvalue weighted by Gasteiger charge is 2.36. The fourth-order valence-electron chi connectivity index (χ4n) is 4.40. The zero-order valence-corrected chi connectivity index (χ0v) is 17.6. The van der Waals surface area contributed by atoms with Crippen LogP contribution in [0.5, 0.6) is 0 Å². The van der Waals surface area contributed by atoms with Crippen molar-refractivity contribution in [2.75, 3.05) is 0 Å². The first kappa shape index (κ1) is 18.9. The van der Waals surface area contributed by atoms with Gasteiger partial charge in [0.15, 0.2) is 5.11 Å². The molecule has 4 nitrogen and oxygen atoms in total. The summed E-state index contributed by atoms with van der Waals surface area (Å²) in [6.45, 7) is 6.28. The highest BCUT2D eigenvalue weighted by Crippen LogP contribution is 2.28. The Morgan fingerprint density at radius 3 is 2.43 bits per heavy atom. The number of hydrogen-bond donors (Lipinski definition) is 1. The van der Waals surface area contributed by atoms with Crippen molar-refractivity contribution in [2.24, 2.45) is 0 Å². The van der Waals surface area contributed by atoms with Gasteiger partial charge in [0.1, 0.15) is 5.70 Å². The molecule has 5 heteroatoms. The SMILES string of the molecule is Cc1ccc(-n2c(C)cc(/C=C3\NC(=S)N(C4CCCCC4)C3=O)c2C)cc1. The molecule has 2 fully saturated rings. The second kappa shape index (κ2) is 7.55. The van der Waals surface area contributed by atoms with Crippen LogP contribution in [0, 0.1) is 20.8 Å². The summed E-state index contributed by atoms with van der Waals surface area (Å²) >= 11 is 5.49. The molecule has 0 radical (unpaired) electrons. The molecule has 1 aromatic carbocycles. The van der Waals surface area contributed by atoms with Gasteiger partial charge in [-0.2, -0.15) is 0 Å². The number of rotatable bonds is 3. The summed E-state index contributed by atoms with van der Waals surface area (Å²) in [5, 5.41) is 3.71. The minimum absolute atomic E-state index is 0.0111. The Morgan fingerprint density at radius 2 is 1.75 bits per heavy atom. The quantitative estimate of drug-likeness (QED) is 0.602. The maximum absolute atomic E-state index is 13.0. The van der Waals surface area contributed by atoms with E-state index in [1.54, 1.807) is 4.90 Å². The second-order valence-electron chi connectivity index (χ2n) is 7.95. The molecule has 1 saturated heterocycles. The number of carbonyl (C=O) groups excluding carboxylic acids is 1. The van der Waals surface area contributed by atoms with Crippen LogP contribution in [0.1, 0.15) is 54.6 Å². The molecule has 1 aliphatic carbocycles. The summed E-state index contributed by atoms with van der Waals surface area (Å²) in [5.41, 5.74) is 6.26. The van der Waals surface area contributed by atoms with Crippen LogP contribution in [0.25, 0.3) is 11.8 Å². The van der Waals surface area contributed by atoms with E-state index in [2.05, 4.69) is 61.0 Å². The summed E-state index contributed by atoms with van der Waals surface area (Å²) in [6, 6.07) is 10.9. The zero-order chi connectivity index (χ0) is 19.8. The molecule has 1 aliphatic heterocycles. The average Bonchev–Trinajstić information content (AvgIpc) is 3.12. The second-order valence-corrected chi connectivity index (χ2v) is 8.34. The molecule has 28 heavy (non-hydrogen) atoms. The van der Waals surface area contributed by atoms with Gasteiger partial charge in [0.05, 0.1) is 0 Å². The van der Waals surface area contributed by atoms with Crippen molar-refractivity contribution >= 4 is 29.3 Å². The molecule has 4 rings (SSSR count). The number of aryl methyl sites for hydroxylation is 2. The minimum Gasteiger partial charge on any atom is -0.328 e. The van der Waals surface area contributed by atoms with Gasteiger partial charge in [-0.25, -0.2) is 0 Å². The number of aromatic nitrogens is 1. The molecular formula is C23H27N3OS. The highest BCUT2D eigenvalue weighted by atomic mass is 32.1. The summed E-state index contributed by atoms with van der Waals surface area (Å²) in [5.74, 6) is 0.0111. The van der Waals surface area contributed by atoms with E-state index in [9.17, 15) is 4.79 Å². The Labute approximate surface area is 172 Å². The lowest BCUT2D eigenvalue weighted by atomic mass is 9.94. The van der Waals surface area contributed by atoms with E-state index in [0.29, 0.717) is 10.8 Å². The predicted octanol–water partition coefficient (Wildman–Crippen LogP) is 4.79. The molecule has 1 aromatic heterocycles. The van der Waals surface area contributed by atoms with Gasteiger partial charge >= 0.3 is 0 Å². The van der Waals surface area contributed by atoms with Crippen molar-refractivity contribution in [3.05, 3.63) is 58.5 Å². The number of thiocarbonyl (C=S) groups is 1. The number of nitrogens with one attached hydrogen (secondary N) is 1. The topological polar surface area (TPSA) is 37.3 Å². The van der Waals surface area contributed by atoms with E-state index >= 15 is 0 Å². The third-order valence-corrected chi connectivity index (χ3v) is 6.21. The predicted molar refractivity (Wildman–Crippen MR) is 117 cm³/mol. The molecule has 2 heterocycles. The minimum atomic E-state index is 0.0111. The van der Waals surface area contributed by atoms with Crippen LogP contribution in [0.2, 0.25) is 0 Å². The molecule has 146 valence electrons. The maximum atomic E-state index is 13.0. The van der Waals surface area contributed by atoms with Crippen LogP contribution in [0.4, 0.5) is 0 Å².